The molecule has 2 bridgehead atoms. The van der Waals surface area contributed by atoms with Crippen LogP contribution in [-0.4, -0.2) is 16.1 Å². The van der Waals surface area contributed by atoms with Gasteiger partial charge in [0.25, 0.3) is 0 Å². The second-order valence-corrected chi connectivity index (χ2v) is 22.5. The normalized spacial score (nSPS) is 16.6. The zero-order valence-electron chi connectivity index (χ0n) is 23.2. The van der Waals surface area contributed by atoms with Crippen LogP contribution in [0, 0.1) is 0 Å². The zero-order chi connectivity index (χ0) is 24.4. The smallest absolute Gasteiger partial charge is 1.00 e. The Hall–Kier alpha value is -0.613. The van der Waals surface area contributed by atoms with Crippen LogP contribution in [0.1, 0.15) is 48.2 Å². The van der Waals surface area contributed by atoms with Crippen molar-refractivity contribution in [2.24, 2.45) is 0 Å². The van der Waals surface area contributed by atoms with Crippen molar-refractivity contribution >= 4 is 48.6 Å². The summed E-state index contributed by atoms with van der Waals surface area (Å²) in [5.41, 5.74) is 8.34. The van der Waals surface area contributed by atoms with E-state index in [2.05, 4.69) is 120 Å². The molecular weight excluding hydrogens is 623 g/mol. The third kappa shape index (κ3) is 5.67. The first-order valence-electron chi connectivity index (χ1n) is 12.6. The number of halogens is 2. The van der Waals surface area contributed by atoms with E-state index in [9.17, 15) is 0 Å². The van der Waals surface area contributed by atoms with Crippen molar-refractivity contribution in [1.82, 2.24) is 0 Å². The van der Waals surface area contributed by atoms with Crippen LogP contribution < -0.4 is 30.0 Å². The fourth-order valence-electron chi connectivity index (χ4n) is 6.10. The number of hydrogen-bond acceptors (Lipinski definition) is 1. The summed E-state index contributed by atoms with van der Waals surface area (Å²) in [4.78, 5) is 1.63. The summed E-state index contributed by atoms with van der Waals surface area (Å²) in [5.74, 6) is 0.578. The molecule has 3 aliphatic rings. The molecule has 1 aromatic heterocycles. The Labute approximate surface area is 261 Å². The number of rotatable bonds is 3. The van der Waals surface area contributed by atoms with Crippen LogP contribution in [0.4, 0.5) is 0 Å². The van der Waals surface area contributed by atoms with Crippen molar-refractivity contribution in [2.75, 3.05) is 0 Å². The van der Waals surface area contributed by atoms with Crippen molar-refractivity contribution in [3.05, 3.63) is 87.6 Å². The van der Waals surface area contributed by atoms with E-state index in [0.717, 1.165) is 5.54 Å². The summed E-state index contributed by atoms with van der Waals surface area (Å²) >= 11 is 1.94. The summed E-state index contributed by atoms with van der Waals surface area (Å²) < 4.78 is 0. The van der Waals surface area contributed by atoms with Crippen molar-refractivity contribution in [3.63, 3.8) is 0 Å². The van der Waals surface area contributed by atoms with Gasteiger partial charge in [-0.05, 0) is 40.6 Å². The minimum absolute atomic E-state index is 0. The molecule has 0 amide bonds. The Morgan fingerprint density at radius 1 is 0.946 bits per heavy atom. The molecular formula is C31H37Cl2SSi2Zr. The van der Waals surface area contributed by atoms with Gasteiger partial charge in [-0.2, -0.15) is 6.07 Å². The van der Waals surface area contributed by atoms with E-state index in [1.54, 1.807) is 21.2 Å². The largest absolute Gasteiger partial charge is 3.00 e. The number of thiophene rings is 1. The van der Waals surface area contributed by atoms with Gasteiger partial charge in [0.15, 0.2) is 0 Å². The predicted octanol–water partition coefficient (Wildman–Crippen LogP) is 3.32. The van der Waals surface area contributed by atoms with E-state index in [1.807, 2.05) is 11.3 Å². The van der Waals surface area contributed by atoms with Crippen molar-refractivity contribution in [1.29, 1.82) is 0 Å². The molecule has 6 heteroatoms. The topological polar surface area (TPSA) is 0 Å². The molecule has 0 nitrogen and oxygen atoms in total. The van der Waals surface area contributed by atoms with Gasteiger partial charge in [0.1, 0.15) is 0 Å². The third-order valence-corrected chi connectivity index (χ3v) is 15.2. The molecule has 0 spiro atoms. The molecule has 1 aliphatic carbocycles. The molecule has 0 fully saturated rings. The van der Waals surface area contributed by atoms with Crippen LogP contribution in [0.15, 0.2) is 71.6 Å². The fraction of sp³-hybridized carbons (Fsp3) is 0.323. The molecule has 0 saturated heterocycles. The van der Waals surface area contributed by atoms with E-state index in [1.165, 1.54) is 32.6 Å². The average Bonchev–Trinajstić information content (AvgIpc) is 3.50. The minimum atomic E-state index is -1.22. The molecule has 3 heterocycles. The standard InChI is InChI=1S/C21H25Si.C10H12SSi.2ClH.Zr/c1-15(2)18-13-17-7-6-8-20(21(17)14-18)16-9-11-19(12-10-16)22(3,4)5;1-6-9-7-4-5-11-8(7)10(6)12(9,2)3;;;/h6-15H,1-5H3;4-5,9H,1-3H3;2*1H;/q-1;;;;+3/p-2. The molecule has 4 aromatic rings. The molecule has 1 atom stereocenters. The molecule has 0 saturated carbocycles. The molecule has 1 unspecified atom stereocenters. The first-order chi connectivity index (χ1) is 16.0. The first kappa shape index (κ1) is 32.6. The van der Waals surface area contributed by atoms with E-state index < -0.39 is 16.1 Å². The second-order valence-electron chi connectivity index (χ2n) is 12.0. The number of allylic oxidation sites excluding steroid dienone is 1. The second kappa shape index (κ2) is 11.9. The van der Waals surface area contributed by atoms with Gasteiger partial charge in [0.05, 0.1) is 16.1 Å². The summed E-state index contributed by atoms with van der Waals surface area (Å²) in [6.45, 7) is 19.1. The Balaban J connectivity index is 0.000000274. The Kier molecular flexibility index (Phi) is 10.5. The first-order valence-corrected chi connectivity index (χ1v) is 20.0. The Morgan fingerprint density at radius 3 is 2.14 bits per heavy atom. The number of fused-ring (bicyclic) bond motifs is 1. The molecule has 37 heavy (non-hydrogen) atoms. The molecule has 0 N–H and O–H groups in total. The fourth-order valence-corrected chi connectivity index (χ4v) is 13.5. The molecule has 3 aromatic carbocycles. The van der Waals surface area contributed by atoms with Gasteiger partial charge < -0.3 is 24.8 Å². The minimum Gasteiger partial charge on any atom is -1.00 e. The van der Waals surface area contributed by atoms with Crippen LogP contribution in [-0.2, 0) is 26.2 Å². The van der Waals surface area contributed by atoms with Crippen LogP contribution in [0.5, 0.6) is 0 Å². The van der Waals surface area contributed by atoms with E-state index in [4.69, 9.17) is 0 Å². The zero-order valence-corrected chi connectivity index (χ0v) is 30.0. The van der Waals surface area contributed by atoms with Gasteiger partial charge in [-0.1, -0.05) is 93.2 Å². The van der Waals surface area contributed by atoms with E-state index in [-0.39, 0.29) is 51.0 Å². The average molecular weight is 660 g/mol. The Bertz CT molecular complexity index is 1410. The molecule has 1 radical (unpaired) electrons. The van der Waals surface area contributed by atoms with Gasteiger partial charge in [-0.25, -0.2) is 0 Å². The van der Waals surface area contributed by atoms with Gasteiger partial charge in [0.2, 0.25) is 0 Å². The van der Waals surface area contributed by atoms with Crippen molar-refractivity contribution in [2.45, 2.75) is 65.0 Å². The van der Waals surface area contributed by atoms with E-state index >= 15 is 0 Å². The summed E-state index contributed by atoms with van der Waals surface area (Å²) in [6.07, 6.45) is 0. The van der Waals surface area contributed by atoms with Crippen LogP contribution >= 0.6 is 11.3 Å². The van der Waals surface area contributed by atoms with Gasteiger partial charge in [-0.15, -0.1) is 45.9 Å². The Morgan fingerprint density at radius 2 is 1.59 bits per heavy atom. The molecule has 2 aliphatic heterocycles. The number of benzene rings is 2. The maximum Gasteiger partial charge on any atom is 3.00 e. The van der Waals surface area contributed by atoms with Crippen LogP contribution in [0.2, 0.25) is 32.7 Å². The predicted molar refractivity (Wildman–Crippen MR) is 159 cm³/mol. The monoisotopic (exact) mass is 657 g/mol. The SMILES string of the molecule is CC(C)c1cc2c(-c3ccc([Si](C)(C)C)cc3)cccc2[cH-]1.CC1=C2c3sccc3C1[Si]2(C)C.[Cl-].[Cl-].[Zr+3]. The summed E-state index contributed by atoms with van der Waals surface area (Å²) in [7, 11) is -2.19. The van der Waals surface area contributed by atoms with Crippen molar-refractivity contribution in [3.8, 4) is 11.1 Å². The van der Waals surface area contributed by atoms with Gasteiger partial charge in [0, 0.05) is 10.4 Å². The summed E-state index contributed by atoms with van der Waals surface area (Å²) in [6, 6.07) is 22.9. The molecule has 193 valence electrons. The quantitative estimate of drug-likeness (QED) is 0.234. The maximum absolute atomic E-state index is 2.51. The maximum atomic E-state index is 2.51. The van der Waals surface area contributed by atoms with Gasteiger partial charge >= 0.3 is 26.2 Å². The van der Waals surface area contributed by atoms with Crippen molar-refractivity contribution < 1.29 is 51.0 Å². The van der Waals surface area contributed by atoms with E-state index in [0.29, 0.717) is 5.92 Å². The third-order valence-electron chi connectivity index (χ3n) is 7.93. The summed E-state index contributed by atoms with van der Waals surface area (Å²) in [5, 5.41) is 8.28. The van der Waals surface area contributed by atoms with Gasteiger partial charge in [-0.3, -0.25) is 0 Å². The number of hydrogen-bond donors (Lipinski definition) is 0. The van der Waals surface area contributed by atoms with Crippen LogP contribution in [0.3, 0.4) is 0 Å². The molecule has 7 rings (SSSR count). The van der Waals surface area contributed by atoms with Crippen LogP contribution in [0.25, 0.3) is 27.1 Å².